The summed E-state index contributed by atoms with van der Waals surface area (Å²) < 4.78 is 10.6. The highest BCUT2D eigenvalue weighted by Crippen LogP contribution is 2.44. The molecule has 0 saturated heterocycles. The molecule has 2 aromatic carbocycles. The van der Waals surface area contributed by atoms with Crippen LogP contribution in [0.15, 0.2) is 36.4 Å². The molecule has 1 heterocycles. The van der Waals surface area contributed by atoms with Crippen LogP contribution in [0.3, 0.4) is 0 Å². The number of aromatic nitrogens is 1. The summed E-state index contributed by atoms with van der Waals surface area (Å²) in [4.78, 5) is 28.1. The van der Waals surface area contributed by atoms with Gasteiger partial charge in [0.15, 0.2) is 5.78 Å². The van der Waals surface area contributed by atoms with E-state index in [4.69, 9.17) is 15.2 Å². The number of nitrogen functional groups attached to an aromatic ring is 1. The lowest BCUT2D eigenvalue weighted by Gasteiger charge is -2.32. The van der Waals surface area contributed by atoms with Gasteiger partial charge < -0.3 is 25.5 Å². The highest BCUT2D eigenvalue weighted by Gasteiger charge is 2.39. The minimum Gasteiger partial charge on any atom is -0.492 e. The number of hydrogen-bond donors (Lipinski definition) is 3. The van der Waals surface area contributed by atoms with E-state index >= 15 is 0 Å². The fourth-order valence-electron chi connectivity index (χ4n) is 4.02. The van der Waals surface area contributed by atoms with Crippen molar-refractivity contribution in [2.75, 3.05) is 25.5 Å². The zero-order valence-corrected chi connectivity index (χ0v) is 17.3. The topological polar surface area (TPSA) is 106 Å². The van der Waals surface area contributed by atoms with E-state index in [1.807, 2.05) is 30.3 Å². The summed E-state index contributed by atoms with van der Waals surface area (Å²) in [6.45, 7) is 6.86. The van der Waals surface area contributed by atoms with Crippen molar-refractivity contribution in [2.45, 2.75) is 26.2 Å². The van der Waals surface area contributed by atoms with E-state index in [1.54, 1.807) is 13.0 Å². The Morgan fingerprint density at radius 3 is 2.77 bits per heavy atom. The predicted molar refractivity (Wildman–Crippen MR) is 115 cm³/mol. The lowest BCUT2D eigenvalue weighted by atomic mass is 9.71. The average Bonchev–Trinajstić information content (AvgIpc) is 3.10. The Morgan fingerprint density at radius 1 is 1.20 bits per heavy atom. The number of anilines is 1. The third-order valence-corrected chi connectivity index (χ3v) is 5.50. The summed E-state index contributed by atoms with van der Waals surface area (Å²) in [7, 11) is 0. The maximum atomic E-state index is 13.3. The van der Waals surface area contributed by atoms with E-state index in [0.29, 0.717) is 42.3 Å². The first-order valence-corrected chi connectivity index (χ1v) is 9.97. The molecule has 1 aliphatic carbocycles. The Labute approximate surface area is 174 Å². The molecular weight excluding hydrogens is 382 g/mol. The van der Waals surface area contributed by atoms with Crippen LogP contribution < -0.4 is 15.8 Å². The van der Waals surface area contributed by atoms with Crippen molar-refractivity contribution in [3.8, 4) is 5.75 Å². The van der Waals surface area contributed by atoms with Gasteiger partial charge in [0.1, 0.15) is 12.4 Å². The van der Waals surface area contributed by atoms with Crippen LogP contribution in [0, 0.1) is 0 Å². The molecular formula is C23H25N3O4. The molecule has 1 aliphatic rings. The van der Waals surface area contributed by atoms with Gasteiger partial charge in [-0.15, -0.1) is 0 Å². The number of ketones is 1. The summed E-state index contributed by atoms with van der Waals surface area (Å²) >= 11 is 0. The van der Waals surface area contributed by atoms with Gasteiger partial charge in [-0.1, -0.05) is 19.9 Å². The van der Waals surface area contributed by atoms with Gasteiger partial charge in [0.05, 0.1) is 18.7 Å². The molecule has 3 aromatic rings. The SMILES string of the molecule is CCOC(=O)NCCOc1ccc2c(c1)C(C)(C)c1[nH]c3cc(N)ccc3c1C2=O. The summed E-state index contributed by atoms with van der Waals surface area (Å²) in [5.41, 5.74) is 10.2. The average molecular weight is 407 g/mol. The maximum absolute atomic E-state index is 13.3. The van der Waals surface area contributed by atoms with Crippen molar-refractivity contribution in [3.63, 3.8) is 0 Å². The molecule has 7 heteroatoms. The van der Waals surface area contributed by atoms with Crippen molar-refractivity contribution in [1.82, 2.24) is 10.3 Å². The number of ether oxygens (including phenoxy) is 2. The van der Waals surface area contributed by atoms with Gasteiger partial charge in [0.2, 0.25) is 0 Å². The van der Waals surface area contributed by atoms with E-state index < -0.39 is 11.5 Å². The van der Waals surface area contributed by atoms with Crippen molar-refractivity contribution in [3.05, 3.63) is 58.8 Å². The minimum absolute atomic E-state index is 0.00845. The molecule has 0 unspecified atom stereocenters. The molecule has 0 saturated carbocycles. The Bertz CT molecular complexity index is 1150. The molecule has 4 N–H and O–H groups in total. The number of hydrogen-bond acceptors (Lipinski definition) is 5. The van der Waals surface area contributed by atoms with Crippen molar-refractivity contribution < 1.29 is 19.1 Å². The van der Waals surface area contributed by atoms with Gasteiger partial charge in [-0.25, -0.2) is 4.79 Å². The second-order valence-corrected chi connectivity index (χ2v) is 7.84. The fraction of sp³-hybridized carbons (Fsp3) is 0.304. The van der Waals surface area contributed by atoms with Crippen LogP contribution >= 0.6 is 0 Å². The predicted octanol–water partition coefficient (Wildman–Crippen LogP) is 3.75. The van der Waals surface area contributed by atoms with Gasteiger partial charge in [-0.2, -0.15) is 0 Å². The fourth-order valence-corrected chi connectivity index (χ4v) is 4.02. The number of nitrogens with two attached hydrogens (primary N) is 1. The number of benzene rings is 2. The van der Waals surface area contributed by atoms with Crippen molar-refractivity contribution in [1.29, 1.82) is 0 Å². The Hall–Kier alpha value is -3.48. The second kappa shape index (κ2) is 7.40. The third kappa shape index (κ3) is 3.26. The zero-order chi connectivity index (χ0) is 21.5. The van der Waals surface area contributed by atoms with Gasteiger partial charge in [-0.3, -0.25) is 4.79 Å². The number of amides is 1. The number of carbonyl (C=O) groups is 2. The Balaban J connectivity index is 1.62. The summed E-state index contributed by atoms with van der Waals surface area (Å²) in [6.07, 6.45) is -0.467. The molecule has 0 aliphatic heterocycles. The number of alkyl carbamates (subject to hydrolysis) is 1. The van der Waals surface area contributed by atoms with Crippen LogP contribution in [0.4, 0.5) is 10.5 Å². The minimum atomic E-state index is -0.467. The number of H-pyrrole nitrogens is 1. The maximum Gasteiger partial charge on any atom is 0.407 e. The molecule has 0 fully saturated rings. The lowest BCUT2D eigenvalue weighted by molar-refractivity contribution is 0.103. The first-order valence-electron chi connectivity index (χ1n) is 9.97. The highest BCUT2D eigenvalue weighted by atomic mass is 16.5. The van der Waals surface area contributed by atoms with E-state index in [9.17, 15) is 9.59 Å². The van der Waals surface area contributed by atoms with E-state index in [2.05, 4.69) is 24.1 Å². The van der Waals surface area contributed by atoms with Gasteiger partial charge in [0.25, 0.3) is 0 Å². The van der Waals surface area contributed by atoms with Gasteiger partial charge in [0, 0.05) is 33.3 Å². The van der Waals surface area contributed by atoms with Crippen LogP contribution in [-0.4, -0.2) is 36.6 Å². The number of rotatable bonds is 5. The van der Waals surface area contributed by atoms with Crippen LogP contribution in [-0.2, 0) is 10.2 Å². The molecule has 30 heavy (non-hydrogen) atoms. The normalized spacial score (nSPS) is 14.2. The molecule has 1 aromatic heterocycles. The van der Waals surface area contributed by atoms with Gasteiger partial charge >= 0.3 is 6.09 Å². The van der Waals surface area contributed by atoms with Crippen LogP contribution in [0.2, 0.25) is 0 Å². The standard InChI is InChI=1S/C23H25N3O4/c1-4-29-22(28)25-9-10-30-14-6-8-15-17(12-14)23(2,3)21-19(20(15)27)16-7-5-13(24)11-18(16)26-21/h5-8,11-12,26H,4,9-10,24H2,1-3H3,(H,25,28). The van der Waals surface area contributed by atoms with Gasteiger partial charge in [-0.05, 0) is 42.8 Å². The molecule has 0 bridgehead atoms. The number of fused-ring (bicyclic) bond motifs is 4. The molecule has 0 spiro atoms. The van der Waals surface area contributed by atoms with E-state index in [-0.39, 0.29) is 5.78 Å². The molecule has 156 valence electrons. The first kappa shape index (κ1) is 19.8. The highest BCUT2D eigenvalue weighted by molar-refractivity contribution is 6.20. The summed E-state index contributed by atoms with van der Waals surface area (Å²) in [5, 5.41) is 3.50. The zero-order valence-electron chi connectivity index (χ0n) is 17.3. The van der Waals surface area contributed by atoms with Crippen molar-refractivity contribution in [2.24, 2.45) is 0 Å². The molecule has 0 radical (unpaired) electrons. The number of aromatic amines is 1. The van der Waals surface area contributed by atoms with E-state index in [0.717, 1.165) is 22.2 Å². The lowest BCUT2D eigenvalue weighted by Crippen LogP contribution is -2.30. The molecule has 4 rings (SSSR count). The Kier molecular flexibility index (Phi) is 4.89. The van der Waals surface area contributed by atoms with Crippen LogP contribution in [0.1, 0.15) is 48.0 Å². The monoisotopic (exact) mass is 407 g/mol. The Morgan fingerprint density at radius 2 is 2.00 bits per heavy atom. The largest absolute Gasteiger partial charge is 0.492 e. The molecule has 7 nitrogen and oxygen atoms in total. The molecule has 0 atom stereocenters. The third-order valence-electron chi connectivity index (χ3n) is 5.50. The quantitative estimate of drug-likeness (QED) is 0.441. The second-order valence-electron chi connectivity index (χ2n) is 7.84. The van der Waals surface area contributed by atoms with Crippen LogP contribution in [0.5, 0.6) is 5.75 Å². The summed E-state index contributed by atoms with van der Waals surface area (Å²) in [6, 6.07) is 11.1. The molecule has 1 amide bonds. The number of carbonyl (C=O) groups excluding carboxylic acids is 2. The van der Waals surface area contributed by atoms with Crippen molar-refractivity contribution >= 4 is 28.5 Å². The summed E-state index contributed by atoms with van der Waals surface area (Å²) in [5.74, 6) is 0.634. The van der Waals surface area contributed by atoms with E-state index in [1.165, 1.54) is 0 Å². The first-order chi connectivity index (χ1) is 14.3. The van der Waals surface area contributed by atoms with Crippen LogP contribution in [0.25, 0.3) is 10.9 Å². The number of nitrogens with one attached hydrogen (secondary N) is 2. The smallest absolute Gasteiger partial charge is 0.407 e.